The molecule has 0 aliphatic carbocycles. The molecule has 4 rings (SSSR count). The number of aromatic nitrogens is 5. The number of hydrogen-bond acceptors (Lipinski definition) is 7. The van der Waals surface area contributed by atoms with Gasteiger partial charge in [0, 0.05) is 25.2 Å². The van der Waals surface area contributed by atoms with E-state index in [1.807, 2.05) is 28.8 Å². The van der Waals surface area contributed by atoms with E-state index in [4.69, 9.17) is 9.47 Å². The van der Waals surface area contributed by atoms with Crippen molar-refractivity contribution < 1.29 is 14.3 Å². The Balaban J connectivity index is 1.37. The molecule has 0 spiro atoms. The SMILES string of the molecule is COc1cc2ncn(CCCC(=O)NCc3nnc4ccccn34)c(=O)c2cc1OC. The second-order valence-electron chi connectivity index (χ2n) is 6.89. The van der Waals surface area contributed by atoms with Crippen molar-refractivity contribution in [1.82, 2.24) is 29.5 Å². The molecule has 3 heterocycles. The highest BCUT2D eigenvalue weighted by molar-refractivity contribution is 5.81. The maximum absolute atomic E-state index is 12.8. The largest absolute Gasteiger partial charge is 0.493 e. The van der Waals surface area contributed by atoms with Crippen LogP contribution >= 0.6 is 0 Å². The number of fused-ring (bicyclic) bond motifs is 2. The third-order valence-corrected chi connectivity index (χ3v) is 4.96. The van der Waals surface area contributed by atoms with Gasteiger partial charge in [0.25, 0.3) is 5.56 Å². The minimum Gasteiger partial charge on any atom is -0.493 e. The Labute approximate surface area is 177 Å². The molecule has 0 aliphatic rings. The Morgan fingerprint density at radius 3 is 2.74 bits per heavy atom. The van der Waals surface area contributed by atoms with E-state index in [0.29, 0.717) is 41.2 Å². The molecule has 0 unspecified atom stereocenters. The monoisotopic (exact) mass is 422 g/mol. The van der Waals surface area contributed by atoms with Gasteiger partial charge in [0.05, 0.1) is 38.0 Å². The van der Waals surface area contributed by atoms with Gasteiger partial charge in [-0.3, -0.25) is 18.6 Å². The van der Waals surface area contributed by atoms with Crippen LogP contribution < -0.4 is 20.3 Å². The maximum Gasteiger partial charge on any atom is 0.261 e. The number of pyridine rings is 1. The summed E-state index contributed by atoms with van der Waals surface area (Å²) in [4.78, 5) is 29.3. The van der Waals surface area contributed by atoms with Gasteiger partial charge in [-0.05, 0) is 24.6 Å². The molecule has 31 heavy (non-hydrogen) atoms. The van der Waals surface area contributed by atoms with Gasteiger partial charge in [0.1, 0.15) is 0 Å². The molecule has 10 nitrogen and oxygen atoms in total. The lowest BCUT2D eigenvalue weighted by molar-refractivity contribution is -0.121. The maximum atomic E-state index is 12.8. The summed E-state index contributed by atoms with van der Waals surface area (Å²) >= 11 is 0. The quantitative estimate of drug-likeness (QED) is 0.458. The topological polar surface area (TPSA) is 113 Å². The van der Waals surface area contributed by atoms with Gasteiger partial charge >= 0.3 is 0 Å². The van der Waals surface area contributed by atoms with Crippen LogP contribution in [0.25, 0.3) is 16.6 Å². The molecule has 0 fully saturated rings. The van der Waals surface area contributed by atoms with E-state index in [2.05, 4.69) is 20.5 Å². The van der Waals surface area contributed by atoms with Gasteiger partial charge in [0.15, 0.2) is 23.0 Å². The molecule has 0 atom stereocenters. The van der Waals surface area contributed by atoms with Gasteiger partial charge in [-0.2, -0.15) is 0 Å². The lowest BCUT2D eigenvalue weighted by Crippen LogP contribution is -2.25. The number of benzene rings is 1. The Morgan fingerprint density at radius 1 is 1.13 bits per heavy atom. The zero-order valence-electron chi connectivity index (χ0n) is 17.2. The highest BCUT2D eigenvalue weighted by atomic mass is 16.5. The molecule has 1 amide bonds. The van der Waals surface area contributed by atoms with Crippen LogP contribution in [-0.4, -0.2) is 44.3 Å². The molecular formula is C21H22N6O4. The van der Waals surface area contributed by atoms with Crippen molar-refractivity contribution in [2.24, 2.45) is 0 Å². The molecule has 1 aromatic carbocycles. The second-order valence-corrected chi connectivity index (χ2v) is 6.89. The molecule has 160 valence electrons. The molecule has 4 aromatic rings. The van der Waals surface area contributed by atoms with Crippen LogP contribution in [-0.2, 0) is 17.9 Å². The molecule has 1 N–H and O–H groups in total. The summed E-state index contributed by atoms with van der Waals surface area (Å²) in [5.41, 5.74) is 1.06. The van der Waals surface area contributed by atoms with E-state index in [-0.39, 0.29) is 24.4 Å². The third kappa shape index (κ3) is 4.18. The Bertz CT molecular complexity index is 1300. The second kappa shape index (κ2) is 8.82. The number of carbonyl (C=O) groups excluding carboxylic acids is 1. The van der Waals surface area contributed by atoms with E-state index >= 15 is 0 Å². The normalized spacial score (nSPS) is 11.0. The van der Waals surface area contributed by atoms with Crippen LogP contribution in [0, 0.1) is 0 Å². The smallest absolute Gasteiger partial charge is 0.261 e. The van der Waals surface area contributed by atoms with E-state index in [9.17, 15) is 9.59 Å². The van der Waals surface area contributed by atoms with Gasteiger partial charge in [0.2, 0.25) is 5.91 Å². The first-order valence-corrected chi connectivity index (χ1v) is 9.77. The summed E-state index contributed by atoms with van der Waals surface area (Å²) in [5.74, 6) is 1.51. The van der Waals surface area contributed by atoms with E-state index in [1.54, 1.807) is 12.1 Å². The zero-order chi connectivity index (χ0) is 21.8. The minimum absolute atomic E-state index is 0.124. The third-order valence-electron chi connectivity index (χ3n) is 4.96. The molecule has 0 bridgehead atoms. The molecule has 3 aromatic heterocycles. The van der Waals surface area contributed by atoms with Crippen molar-refractivity contribution in [2.45, 2.75) is 25.9 Å². The summed E-state index contributed by atoms with van der Waals surface area (Å²) < 4.78 is 13.8. The number of methoxy groups -OCH3 is 2. The number of nitrogens with zero attached hydrogens (tertiary/aromatic N) is 5. The van der Waals surface area contributed by atoms with Gasteiger partial charge < -0.3 is 14.8 Å². The van der Waals surface area contributed by atoms with E-state index in [1.165, 1.54) is 25.1 Å². The zero-order valence-corrected chi connectivity index (χ0v) is 17.2. The van der Waals surface area contributed by atoms with E-state index in [0.717, 1.165) is 5.65 Å². The van der Waals surface area contributed by atoms with Gasteiger partial charge in [-0.1, -0.05) is 6.07 Å². The number of aryl methyl sites for hydroxylation is 1. The first kappa shape index (κ1) is 20.3. The van der Waals surface area contributed by atoms with Crippen molar-refractivity contribution in [2.75, 3.05) is 14.2 Å². The molecule has 0 radical (unpaired) electrons. The predicted molar refractivity (Wildman–Crippen MR) is 113 cm³/mol. The van der Waals surface area contributed by atoms with Crippen molar-refractivity contribution in [3.05, 3.63) is 59.0 Å². The fourth-order valence-corrected chi connectivity index (χ4v) is 3.33. The predicted octanol–water partition coefficient (Wildman–Crippen LogP) is 1.55. The summed E-state index contributed by atoms with van der Waals surface area (Å²) in [7, 11) is 3.04. The molecular weight excluding hydrogens is 400 g/mol. The minimum atomic E-state index is -0.193. The summed E-state index contributed by atoms with van der Waals surface area (Å²) in [6.07, 6.45) is 4.09. The van der Waals surface area contributed by atoms with Crippen LogP contribution in [0.3, 0.4) is 0 Å². The fraction of sp³-hybridized carbons (Fsp3) is 0.286. The van der Waals surface area contributed by atoms with Crippen molar-refractivity contribution in [3.8, 4) is 11.5 Å². The molecule has 0 saturated carbocycles. The first-order valence-electron chi connectivity index (χ1n) is 9.77. The van der Waals surface area contributed by atoms with Crippen LogP contribution in [0.2, 0.25) is 0 Å². The van der Waals surface area contributed by atoms with E-state index < -0.39 is 0 Å². The number of nitrogens with one attached hydrogen (secondary N) is 1. The highest BCUT2D eigenvalue weighted by Gasteiger charge is 2.12. The lowest BCUT2D eigenvalue weighted by atomic mass is 10.2. The molecule has 0 saturated heterocycles. The highest BCUT2D eigenvalue weighted by Crippen LogP contribution is 2.29. The van der Waals surface area contributed by atoms with Gasteiger partial charge in [-0.15, -0.1) is 10.2 Å². The first-order chi connectivity index (χ1) is 15.1. The summed E-state index contributed by atoms with van der Waals surface area (Å²) in [6, 6.07) is 8.89. The van der Waals surface area contributed by atoms with Crippen molar-refractivity contribution >= 4 is 22.5 Å². The van der Waals surface area contributed by atoms with Gasteiger partial charge in [-0.25, -0.2) is 4.98 Å². The average Bonchev–Trinajstić information content (AvgIpc) is 3.21. The van der Waals surface area contributed by atoms with Crippen LogP contribution in [0.1, 0.15) is 18.7 Å². The lowest BCUT2D eigenvalue weighted by Gasteiger charge is -2.10. The Morgan fingerprint density at radius 2 is 1.94 bits per heavy atom. The van der Waals surface area contributed by atoms with Crippen LogP contribution in [0.15, 0.2) is 47.7 Å². The number of hydrogen-bond donors (Lipinski definition) is 1. The molecule has 0 aliphatic heterocycles. The number of carbonyl (C=O) groups is 1. The number of rotatable bonds is 8. The fourth-order valence-electron chi connectivity index (χ4n) is 3.33. The van der Waals surface area contributed by atoms with Crippen LogP contribution in [0.4, 0.5) is 0 Å². The molecule has 10 heteroatoms. The Hall–Kier alpha value is -3.95. The average molecular weight is 422 g/mol. The van der Waals surface area contributed by atoms with Crippen molar-refractivity contribution in [3.63, 3.8) is 0 Å². The Kier molecular flexibility index (Phi) is 5.78. The summed E-state index contributed by atoms with van der Waals surface area (Å²) in [5, 5.41) is 11.4. The van der Waals surface area contributed by atoms with Crippen LogP contribution in [0.5, 0.6) is 11.5 Å². The number of ether oxygens (including phenoxy) is 2. The standard InChI is InChI=1S/C21H22N6O4/c1-30-16-10-14-15(11-17(16)31-2)23-13-26(21(14)29)8-5-7-20(28)22-12-19-25-24-18-6-3-4-9-27(18)19/h3-4,6,9-11,13H,5,7-8,12H2,1-2H3,(H,22,28). The van der Waals surface area contributed by atoms with Crippen molar-refractivity contribution in [1.29, 1.82) is 0 Å². The number of amides is 1. The summed E-state index contributed by atoms with van der Waals surface area (Å²) in [6.45, 7) is 0.653.